The molecule has 1 fully saturated rings. The van der Waals surface area contributed by atoms with Crippen molar-refractivity contribution in [3.05, 3.63) is 46.0 Å². The minimum atomic E-state index is -0.486. The van der Waals surface area contributed by atoms with Crippen LogP contribution in [0.5, 0.6) is 0 Å². The molecule has 29 heavy (non-hydrogen) atoms. The van der Waals surface area contributed by atoms with Gasteiger partial charge < -0.3 is 9.80 Å². The van der Waals surface area contributed by atoms with Gasteiger partial charge in [-0.1, -0.05) is 46.3 Å². The van der Waals surface area contributed by atoms with E-state index in [1.807, 2.05) is 0 Å². The third-order valence-electron chi connectivity index (χ3n) is 4.55. The monoisotopic (exact) mass is 470 g/mol. The zero-order valence-corrected chi connectivity index (χ0v) is 18.6. The maximum Gasteiger partial charge on any atom is 0.175 e. The summed E-state index contributed by atoms with van der Waals surface area (Å²) in [6, 6.07) is 2.76. The van der Waals surface area contributed by atoms with Crippen molar-refractivity contribution < 1.29 is 4.39 Å². The Balaban J connectivity index is 1.47. The van der Waals surface area contributed by atoms with E-state index in [1.54, 1.807) is 12.4 Å². The summed E-state index contributed by atoms with van der Waals surface area (Å²) in [5.41, 5.74) is 1.24. The van der Waals surface area contributed by atoms with E-state index in [0.29, 0.717) is 27.0 Å². The fourth-order valence-corrected chi connectivity index (χ4v) is 5.36. The fraction of sp³-hybridized carbons (Fsp3) is 0.333. The lowest BCUT2D eigenvalue weighted by Gasteiger charge is -2.33. The maximum atomic E-state index is 13.7. The zero-order valence-electron chi connectivity index (χ0n) is 15.5. The highest BCUT2D eigenvalue weighted by atomic mass is 35.5. The number of thioether (sulfide) groups is 1. The molecule has 0 radical (unpaired) electrons. The largest absolute Gasteiger partial charge is 0.353 e. The van der Waals surface area contributed by atoms with Crippen molar-refractivity contribution in [2.45, 2.75) is 10.1 Å². The first kappa shape index (κ1) is 20.7. The van der Waals surface area contributed by atoms with Gasteiger partial charge in [0.1, 0.15) is 17.3 Å². The van der Waals surface area contributed by atoms with Gasteiger partial charge in [0, 0.05) is 42.5 Å². The molecule has 0 aliphatic carbocycles. The van der Waals surface area contributed by atoms with Gasteiger partial charge in [-0.05, 0) is 19.2 Å². The van der Waals surface area contributed by atoms with Crippen LogP contribution in [0.1, 0.15) is 5.56 Å². The molecular weight excluding hydrogens is 454 g/mol. The van der Waals surface area contributed by atoms with Gasteiger partial charge in [0.25, 0.3) is 0 Å². The molecule has 2 aromatic heterocycles. The van der Waals surface area contributed by atoms with Crippen LogP contribution in [0.2, 0.25) is 10.0 Å². The van der Waals surface area contributed by atoms with Crippen molar-refractivity contribution in [1.82, 2.24) is 25.1 Å². The first-order valence-corrected chi connectivity index (χ1v) is 11.4. The van der Waals surface area contributed by atoms with Crippen LogP contribution in [0, 0.1) is 5.82 Å². The lowest BCUT2D eigenvalue weighted by molar-refractivity contribution is 0.312. The van der Waals surface area contributed by atoms with Gasteiger partial charge in [-0.2, -0.15) is 0 Å². The lowest BCUT2D eigenvalue weighted by atomic mass is 10.2. The summed E-state index contributed by atoms with van der Waals surface area (Å²) in [7, 11) is 2.12. The number of nitrogens with zero attached hydrogens (tertiary/aromatic N) is 6. The van der Waals surface area contributed by atoms with Crippen LogP contribution in [0.15, 0.2) is 28.9 Å². The normalized spacial score (nSPS) is 15.1. The molecule has 1 saturated heterocycles. The number of likely N-dealkylation sites (N-methyl/N-ethyl adjacent to an activating group) is 1. The molecule has 3 heterocycles. The predicted molar refractivity (Wildman–Crippen MR) is 117 cm³/mol. The maximum absolute atomic E-state index is 13.7. The van der Waals surface area contributed by atoms with E-state index in [0.717, 1.165) is 36.3 Å². The third kappa shape index (κ3) is 4.80. The number of halogens is 3. The molecular formula is C18H17Cl2FN6S2. The van der Waals surface area contributed by atoms with E-state index in [2.05, 4.69) is 32.0 Å². The average molecular weight is 471 g/mol. The molecule has 0 amide bonds. The molecule has 11 heteroatoms. The molecule has 1 aromatic carbocycles. The number of piperazine rings is 1. The van der Waals surface area contributed by atoms with Crippen molar-refractivity contribution >= 4 is 52.1 Å². The number of benzene rings is 1. The van der Waals surface area contributed by atoms with Gasteiger partial charge in [0.15, 0.2) is 9.35 Å². The van der Waals surface area contributed by atoms with E-state index >= 15 is 0 Å². The second-order valence-electron chi connectivity index (χ2n) is 6.54. The third-order valence-corrected chi connectivity index (χ3v) is 7.42. The van der Waals surface area contributed by atoms with E-state index in [-0.39, 0.29) is 5.02 Å². The Kier molecular flexibility index (Phi) is 6.50. The van der Waals surface area contributed by atoms with Crippen molar-refractivity contribution in [2.24, 2.45) is 0 Å². The van der Waals surface area contributed by atoms with Crippen LogP contribution in [0.25, 0.3) is 10.7 Å². The fourth-order valence-electron chi connectivity index (χ4n) is 2.85. The van der Waals surface area contributed by atoms with Crippen LogP contribution in [-0.4, -0.2) is 58.3 Å². The van der Waals surface area contributed by atoms with Gasteiger partial charge in [-0.15, -0.1) is 10.2 Å². The minimum Gasteiger partial charge on any atom is -0.353 e. The minimum absolute atomic E-state index is 0.0421. The highest BCUT2D eigenvalue weighted by molar-refractivity contribution is 8.00. The Morgan fingerprint density at radius 2 is 1.93 bits per heavy atom. The summed E-state index contributed by atoms with van der Waals surface area (Å²) < 4.78 is 14.4. The Morgan fingerprint density at radius 3 is 2.72 bits per heavy atom. The van der Waals surface area contributed by atoms with Gasteiger partial charge in [-0.25, -0.2) is 9.37 Å². The second kappa shape index (κ2) is 9.09. The molecule has 3 aromatic rings. The van der Waals surface area contributed by atoms with Gasteiger partial charge in [0.2, 0.25) is 0 Å². The predicted octanol–water partition coefficient (Wildman–Crippen LogP) is 4.49. The van der Waals surface area contributed by atoms with Crippen molar-refractivity contribution in [1.29, 1.82) is 0 Å². The molecule has 6 nitrogen and oxygen atoms in total. The topological polar surface area (TPSA) is 58.0 Å². The SMILES string of the molecule is CN1CCN(c2cncc(-c3nnc(SCc4c(Cl)ccc(F)c4Cl)s3)n2)CC1. The highest BCUT2D eigenvalue weighted by Crippen LogP contribution is 2.35. The van der Waals surface area contributed by atoms with E-state index in [1.165, 1.54) is 35.2 Å². The molecule has 0 saturated carbocycles. The number of aromatic nitrogens is 4. The van der Waals surface area contributed by atoms with Crippen LogP contribution >= 0.6 is 46.3 Å². The molecule has 0 atom stereocenters. The Morgan fingerprint density at radius 1 is 1.14 bits per heavy atom. The van der Waals surface area contributed by atoms with Gasteiger partial charge in [0.05, 0.1) is 17.4 Å². The summed E-state index contributed by atoms with van der Waals surface area (Å²) in [6.45, 7) is 3.83. The molecule has 0 unspecified atom stereocenters. The summed E-state index contributed by atoms with van der Waals surface area (Å²) in [5.74, 6) is 0.760. The first-order chi connectivity index (χ1) is 14.0. The van der Waals surface area contributed by atoms with Gasteiger partial charge in [-0.3, -0.25) is 4.98 Å². The van der Waals surface area contributed by atoms with E-state index in [9.17, 15) is 4.39 Å². The smallest absolute Gasteiger partial charge is 0.175 e. The first-order valence-electron chi connectivity index (χ1n) is 8.86. The second-order valence-corrected chi connectivity index (χ2v) is 9.52. The van der Waals surface area contributed by atoms with Crippen LogP contribution < -0.4 is 4.90 Å². The van der Waals surface area contributed by atoms with E-state index in [4.69, 9.17) is 28.2 Å². The highest BCUT2D eigenvalue weighted by Gasteiger charge is 2.18. The summed E-state index contributed by atoms with van der Waals surface area (Å²) in [4.78, 5) is 13.6. The molecule has 0 spiro atoms. The van der Waals surface area contributed by atoms with E-state index < -0.39 is 5.82 Å². The van der Waals surface area contributed by atoms with Crippen LogP contribution in [0.4, 0.5) is 10.2 Å². The average Bonchev–Trinajstić information content (AvgIpc) is 3.21. The summed E-state index contributed by atoms with van der Waals surface area (Å²) in [5, 5.41) is 9.60. The Bertz CT molecular complexity index is 1010. The summed E-state index contributed by atoms with van der Waals surface area (Å²) >= 11 is 15.0. The quantitative estimate of drug-likeness (QED) is 0.402. The van der Waals surface area contributed by atoms with Crippen LogP contribution in [-0.2, 0) is 5.75 Å². The van der Waals surface area contributed by atoms with Crippen LogP contribution in [0.3, 0.4) is 0 Å². The number of hydrogen-bond donors (Lipinski definition) is 0. The zero-order chi connectivity index (χ0) is 20.4. The van der Waals surface area contributed by atoms with Crippen molar-refractivity contribution in [3.8, 4) is 10.7 Å². The molecule has 4 rings (SSSR count). The standard InChI is InChI=1S/C18H17Cl2FN6S2/c1-26-4-6-27(7-5-26)15-9-22-8-14(23-15)17-24-25-18(29-17)28-10-11-12(19)2-3-13(21)16(11)20/h2-3,8-9H,4-7,10H2,1H3. The lowest BCUT2D eigenvalue weighted by Crippen LogP contribution is -2.44. The molecule has 1 aliphatic rings. The number of rotatable bonds is 5. The number of anilines is 1. The Hall–Kier alpha value is -1.52. The molecule has 152 valence electrons. The molecule has 1 aliphatic heterocycles. The van der Waals surface area contributed by atoms with Gasteiger partial charge >= 0.3 is 0 Å². The summed E-state index contributed by atoms with van der Waals surface area (Å²) in [6.07, 6.45) is 3.47. The Labute approximate surface area is 186 Å². The molecule has 0 N–H and O–H groups in total. The van der Waals surface area contributed by atoms with Crippen molar-refractivity contribution in [3.63, 3.8) is 0 Å². The van der Waals surface area contributed by atoms with Crippen molar-refractivity contribution in [2.75, 3.05) is 38.1 Å². The number of hydrogen-bond acceptors (Lipinski definition) is 8. The molecule has 0 bridgehead atoms.